The van der Waals surface area contributed by atoms with Gasteiger partial charge in [-0.25, -0.2) is 4.98 Å². The summed E-state index contributed by atoms with van der Waals surface area (Å²) in [6, 6.07) is 4.92. The second kappa shape index (κ2) is 6.33. The van der Waals surface area contributed by atoms with Crippen LogP contribution in [0, 0.1) is 17.0 Å². The van der Waals surface area contributed by atoms with E-state index in [9.17, 15) is 10.1 Å². The van der Waals surface area contributed by atoms with Crippen molar-refractivity contribution in [2.75, 3.05) is 11.9 Å². The molecular formula is C13H15N3O3S. The number of hydrogen-bond donors (Lipinski definition) is 1. The molecule has 0 atom stereocenters. The Morgan fingerprint density at radius 3 is 3.00 bits per heavy atom. The molecule has 1 aromatic carbocycles. The summed E-state index contributed by atoms with van der Waals surface area (Å²) >= 11 is 1.48. The maximum absolute atomic E-state index is 11.0. The van der Waals surface area contributed by atoms with Crippen LogP contribution in [0.3, 0.4) is 0 Å². The van der Waals surface area contributed by atoms with Gasteiger partial charge < -0.3 is 10.1 Å². The van der Waals surface area contributed by atoms with E-state index in [1.54, 1.807) is 18.3 Å². The lowest BCUT2D eigenvalue weighted by molar-refractivity contribution is -0.386. The third-order valence-electron chi connectivity index (χ3n) is 2.56. The minimum Gasteiger partial charge on any atom is -0.481 e. The number of nitrogens with one attached hydrogen (secondary N) is 1. The van der Waals surface area contributed by atoms with Gasteiger partial charge in [-0.05, 0) is 25.5 Å². The third-order valence-corrected chi connectivity index (χ3v) is 3.49. The van der Waals surface area contributed by atoms with Crippen molar-refractivity contribution < 1.29 is 9.66 Å². The van der Waals surface area contributed by atoms with Crippen LogP contribution < -0.4 is 10.1 Å². The first-order valence-electron chi connectivity index (χ1n) is 6.16. The van der Waals surface area contributed by atoms with Gasteiger partial charge in [-0.15, -0.1) is 0 Å². The molecule has 0 spiro atoms. The monoisotopic (exact) mass is 293 g/mol. The fourth-order valence-corrected chi connectivity index (χ4v) is 2.44. The molecule has 0 bridgehead atoms. The van der Waals surface area contributed by atoms with E-state index in [2.05, 4.69) is 10.3 Å². The standard InChI is InChI=1S/C13H15N3O3S/c1-3-14-13-15-7-10(20-13)8-19-12-5-4-9(2)6-11(12)16(17)18/h4-7H,3,8H2,1-2H3,(H,14,15). The summed E-state index contributed by atoms with van der Waals surface area (Å²) in [6.07, 6.45) is 1.71. The van der Waals surface area contributed by atoms with Crippen molar-refractivity contribution >= 4 is 22.2 Å². The first-order chi connectivity index (χ1) is 9.60. The normalized spacial score (nSPS) is 10.3. The number of rotatable bonds is 6. The minimum absolute atomic E-state index is 0.0126. The molecule has 1 aromatic heterocycles. The number of nitro groups is 1. The first kappa shape index (κ1) is 14.3. The molecule has 0 aliphatic carbocycles. The number of nitro benzene ring substituents is 1. The molecule has 0 aliphatic heterocycles. The second-order valence-corrected chi connectivity index (χ2v) is 5.29. The average Bonchev–Trinajstić information content (AvgIpc) is 2.85. The average molecular weight is 293 g/mol. The Kier molecular flexibility index (Phi) is 4.52. The maximum Gasteiger partial charge on any atom is 0.311 e. The third kappa shape index (κ3) is 3.45. The van der Waals surface area contributed by atoms with Gasteiger partial charge in [-0.3, -0.25) is 10.1 Å². The first-order valence-corrected chi connectivity index (χ1v) is 6.98. The molecule has 20 heavy (non-hydrogen) atoms. The van der Waals surface area contributed by atoms with Crippen LogP contribution in [-0.4, -0.2) is 16.5 Å². The number of aryl methyl sites for hydroxylation is 1. The number of nitrogens with zero attached hydrogens (tertiary/aromatic N) is 2. The van der Waals surface area contributed by atoms with Gasteiger partial charge in [0.15, 0.2) is 10.9 Å². The van der Waals surface area contributed by atoms with E-state index in [-0.39, 0.29) is 18.0 Å². The van der Waals surface area contributed by atoms with Crippen LogP contribution in [0.1, 0.15) is 17.4 Å². The van der Waals surface area contributed by atoms with Crippen LogP contribution in [-0.2, 0) is 6.61 Å². The Labute approximate surface area is 120 Å². The van der Waals surface area contributed by atoms with E-state index in [1.165, 1.54) is 17.4 Å². The summed E-state index contributed by atoms with van der Waals surface area (Å²) in [4.78, 5) is 15.6. The van der Waals surface area contributed by atoms with E-state index in [0.29, 0.717) is 0 Å². The number of anilines is 1. The van der Waals surface area contributed by atoms with Crippen molar-refractivity contribution in [3.8, 4) is 5.75 Å². The van der Waals surface area contributed by atoms with Crippen molar-refractivity contribution in [3.63, 3.8) is 0 Å². The van der Waals surface area contributed by atoms with Gasteiger partial charge in [0.25, 0.3) is 0 Å². The zero-order chi connectivity index (χ0) is 14.5. The highest BCUT2D eigenvalue weighted by molar-refractivity contribution is 7.15. The number of hydrogen-bond acceptors (Lipinski definition) is 6. The largest absolute Gasteiger partial charge is 0.481 e. The van der Waals surface area contributed by atoms with Gasteiger partial charge in [0, 0.05) is 18.8 Å². The SMILES string of the molecule is CCNc1ncc(COc2ccc(C)cc2[N+](=O)[O-])s1. The Balaban J connectivity index is 2.08. The Morgan fingerprint density at radius 2 is 2.30 bits per heavy atom. The molecular weight excluding hydrogens is 278 g/mol. The molecule has 106 valence electrons. The van der Waals surface area contributed by atoms with Gasteiger partial charge in [-0.1, -0.05) is 17.4 Å². The number of benzene rings is 1. The molecule has 0 aliphatic rings. The Bertz CT molecular complexity index is 613. The fraction of sp³-hybridized carbons (Fsp3) is 0.308. The van der Waals surface area contributed by atoms with Crippen LogP contribution in [0.5, 0.6) is 5.75 Å². The molecule has 0 fully saturated rings. The second-order valence-electron chi connectivity index (χ2n) is 4.18. The molecule has 0 saturated carbocycles. The van der Waals surface area contributed by atoms with Crippen LogP contribution in [0.25, 0.3) is 0 Å². The van der Waals surface area contributed by atoms with Crippen LogP contribution in [0.4, 0.5) is 10.8 Å². The fourth-order valence-electron chi connectivity index (χ4n) is 1.65. The van der Waals surface area contributed by atoms with Gasteiger partial charge in [0.05, 0.1) is 9.80 Å². The molecule has 7 heteroatoms. The van der Waals surface area contributed by atoms with Crippen molar-refractivity contribution in [1.29, 1.82) is 0 Å². The highest BCUT2D eigenvalue weighted by atomic mass is 32.1. The zero-order valence-corrected chi connectivity index (χ0v) is 12.1. The molecule has 2 aromatic rings. The highest BCUT2D eigenvalue weighted by Gasteiger charge is 2.15. The molecule has 1 heterocycles. The molecule has 0 radical (unpaired) electrons. The number of thiazole rings is 1. The predicted octanol–water partition coefficient (Wildman–Crippen LogP) is 3.37. The van der Waals surface area contributed by atoms with Gasteiger partial charge >= 0.3 is 5.69 Å². The number of aromatic nitrogens is 1. The summed E-state index contributed by atoms with van der Waals surface area (Å²) in [6.45, 7) is 4.88. The molecule has 0 saturated heterocycles. The predicted molar refractivity (Wildman–Crippen MR) is 78.4 cm³/mol. The van der Waals surface area contributed by atoms with Crippen LogP contribution in [0.15, 0.2) is 24.4 Å². The Hall–Kier alpha value is -2.15. The van der Waals surface area contributed by atoms with Gasteiger partial charge in [0.1, 0.15) is 6.61 Å². The lowest BCUT2D eigenvalue weighted by Crippen LogP contribution is -1.98. The zero-order valence-electron chi connectivity index (χ0n) is 11.3. The van der Waals surface area contributed by atoms with Crippen LogP contribution in [0.2, 0.25) is 0 Å². The van der Waals surface area contributed by atoms with Crippen LogP contribution >= 0.6 is 11.3 Å². The summed E-state index contributed by atoms with van der Waals surface area (Å²) in [7, 11) is 0. The molecule has 2 rings (SSSR count). The van der Waals surface area contributed by atoms with Gasteiger partial charge in [-0.2, -0.15) is 0 Å². The van der Waals surface area contributed by atoms with Gasteiger partial charge in [0.2, 0.25) is 0 Å². The quantitative estimate of drug-likeness (QED) is 0.652. The minimum atomic E-state index is -0.431. The smallest absolute Gasteiger partial charge is 0.311 e. The lowest BCUT2D eigenvalue weighted by Gasteiger charge is -2.05. The van der Waals surface area contributed by atoms with Crippen molar-refractivity contribution in [3.05, 3.63) is 45.0 Å². The number of ether oxygens (including phenoxy) is 1. The van der Waals surface area contributed by atoms with E-state index in [1.807, 2.05) is 13.8 Å². The van der Waals surface area contributed by atoms with Crippen molar-refractivity contribution in [1.82, 2.24) is 4.98 Å². The summed E-state index contributed by atoms with van der Waals surface area (Å²) in [5.74, 6) is 0.277. The van der Waals surface area contributed by atoms with E-state index in [4.69, 9.17) is 4.74 Å². The van der Waals surface area contributed by atoms with Crippen molar-refractivity contribution in [2.45, 2.75) is 20.5 Å². The molecule has 6 nitrogen and oxygen atoms in total. The lowest BCUT2D eigenvalue weighted by atomic mass is 10.2. The molecule has 1 N–H and O–H groups in total. The van der Waals surface area contributed by atoms with E-state index in [0.717, 1.165) is 22.1 Å². The summed E-state index contributed by atoms with van der Waals surface area (Å²) in [5.41, 5.74) is 0.817. The highest BCUT2D eigenvalue weighted by Crippen LogP contribution is 2.29. The summed E-state index contributed by atoms with van der Waals surface area (Å²) in [5, 5.41) is 14.9. The van der Waals surface area contributed by atoms with E-state index >= 15 is 0 Å². The summed E-state index contributed by atoms with van der Waals surface area (Å²) < 4.78 is 5.53. The maximum atomic E-state index is 11.0. The van der Waals surface area contributed by atoms with E-state index < -0.39 is 4.92 Å². The topological polar surface area (TPSA) is 77.3 Å². The molecule has 0 unspecified atom stereocenters. The Morgan fingerprint density at radius 1 is 1.50 bits per heavy atom. The van der Waals surface area contributed by atoms with Crippen molar-refractivity contribution in [2.24, 2.45) is 0 Å². The molecule has 0 amide bonds.